The summed E-state index contributed by atoms with van der Waals surface area (Å²) in [6.07, 6.45) is 0.336. The molecular formula is C47H59N7O9S2. The van der Waals surface area contributed by atoms with Crippen molar-refractivity contribution in [3.8, 4) is 23.0 Å². The van der Waals surface area contributed by atoms with Gasteiger partial charge in [-0.1, -0.05) is 48.5 Å². The number of likely N-dealkylation sites (tertiary alicyclic amines) is 1. The van der Waals surface area contributed by atoms with Crippen molar-refractivity contribution in [1.82, 2.24) is 33.1 Å². The van der Waals surface area contributed by atoms with Crippen LogP contribution >= 0.6 is 0 Å². The third-order valence-electron chi connectivity index (χ3n) is 11.4. The Morgan fingerprint density at radius 1 is 0.538 bits per heavy atom. The van der Waals surface area contributed by atoms with Gasteiger partial charge in [0.25, 0.3) is 20.0 Å². The minimum Gasteiger partial charge on any atom is -0.497 e. The first-order valence-electron chi connectivity index (χ1n) is 21.1. The molecule has 1 N–H and O–H groups in total. The van der Waals surface area contributed by atoms with Crippen molar-refractivity contribution in [1.29, 1.82) is 0 Å². The van der Waals surface area contributed by atoms with Gasteiger partial charge in [0.15, 0.2) is 10.1 Å². The Hall–Kier alpha value is -5.76. The van der Waals surface area contributed by atoms with Gasteiger partial charge in [0.1, 0.15) is 23.0 Å². The molecule has 0 aliphatic carbocycles. The molecule has 1 aliphatic rings. The normalized spacial score (nSPS) is 14.0. The molecule has 4 aromatic carbocycles. The summed E-state index contributed by atoms with van der Waals surface area (Å²) in [5.74, 6) is 2.84. The van der Waals surface area contributed by atoms with E-state index < -0.39 is 26.2 Å². The average molecular weight is 930 g/mol. The van der Waals surface area contributed by atoms with Crippen molar-refractivity contribution in [2.24, 2.45) is 14.1 Å². The molecule has 3 heterocycles. The van der Waals surface area contributed by atoms with Crippen molar-refractivity contribution in [3.05, 3.63) is 143 Å². The predicted molar refractivity (Wildman–Crippen MR) is 246 cm³/mol. The monoisotopic (exact) mass is 929 g/mol. The number of aryl methyl sites for hydroxylation is 2. The summed E-state index contributed by atoms with van der Waals surface area (Å²) in [5.41, 5.74) is 4.67. The molecule has 7 rings (SSSR count). The maximum Gasteiger partial charge on any atom is 0.263 e. The Labute approximate surface area is 382 Å². The van der Waals surface area contributed by atoms with Crippen molar-refractivity contribution >= 4 is 20.0 Å². The van der Waals surface area contributed by atoms with Crippen LogP contribution in [0.25, 0.3) is 0 Å². The lowest BCUT2D eigenvalue weighted by atomic mass is 10.1. The van der Waals surface area contributed by atoms with Gasteiger partial charge >= 0.3 is 0 Å². The highest BCUT2D eigenvalue weighted by Crippen LogP contribution is 2.30. The molecule has 1 fully saturated rings. The summed E-state index contributed by atoms with van der Waals surface area (Å²) >= 11 is 0. The van der Waals surface area contributed by atoms with Gasteiger partial charge in [-0.25, -0.2) is 16.8 Å². The summed E-state index contributed by atoms with van der Waals surface area (Å²) in [4.78, 5) is 2.32. The van der Waals surface area contributed by atoms with E-state index in [1.165, 1.54) is 25.8 Å². The number of aromatic nitrogens is 4. The summed E-state index contributed by atoms with van der Waals surface area (Å²) in [5, 5.41) is 18.4. The molecule has 1 aliphatic heterocycles. The zero-order valence-electron chi connectivity index (χ0n) is 38.2. The van der Waals surface area contributed by atoms with Gasteiger partial charge in [-0.05, 0) is 91.1 Å². The Kier molecular flexibility index (Phi) is 16.1. The fourth-order valence-electron chi connectivity index (χ4n) is 7.31. The zero-order valence-corrected chi connectivity index (χ0v) is 39.8. The smallest absolute Gasteiger partial charge is 0.263 e. The van der Waals surface area contributed by atoms with Crippen LogP contribution < -0.4 is 18.9 Å². The maximum absolute atomic E-state index is 13.8. The van der Waals surface area contributed by atoms with Crippen LogP contribution in [0.4, 0.5) is 0 Å². The highest BCUT2D eigenvalue weighted by Gasteiger charge is 2.32. The van der Waals surface area contributed by atoms with Crippen LogP contribution in [0.2, 0.25) is 0 Å². The predicted octanol–water partition coefficient (Wildman–Crippen LogP) is 6.48. The number of sulfonamides is 2. The van der Waals surface area contributed by atoms with Crippen LogP contribution in [0.15, 0.2) is 119 Å². The third-order valence-corrected chi connectivity index (χ3v) is 14.7. The van der Waals surface area contributed by atoms with Gasteiger partial charge < -0.3 is 24.1 Å². The van der Waals surface area contributed by atoms with Crippen LogP contribution in [0.3, 0.4) is 0 Å². The standard InChI is InChI=1S/C25H32N4O4S.C22H27N3O5S/c1-19(28-14-5-15-28)24-16-25(26-27(24)2)34(30,31)29(17-20-6-10-22(32-3)11-7-20)18-21-8-12-23(33-4)13-9-21;1-16(26)21-13-22(23-24(21)2)31(27,28)25(14-17-5-9-19(29-3)10-6-17)15-18-7-11-20(30-4)12-8-18/h6-13,16,19H,5,14-15,17-18H2,1-4H3;5-13,16,26H,14-15H2,1-4H3. The molecule has 16 nitrogen and oxygen atoms in total. The number of aliphatic hydroxyl groups excluding tert-OH is 1. The molecule has 0 radical (unpaired) electrons. The van der Waals surface area contributed by atoms with E-state index in [2.05, 4.69) is 22.0 Å². The number of hydrogen-bond donors (Lipinski definition) is 1. The Balaban J connectivity index is 0.000000216. The number of rotatable bonds is 19. The van der Waals surface area contributed by atoms with Crippen molar-refractivity contribution in [2.75, 3.05) is 41.5 Å². The third kappa shape index (κ3) is 11.9. The van der Waals surface area contributed by atoms with E-state index in [1.54, 1.807) is 77.4 Å². The number of benzene rings is 4. The molecule has 0 amide bonds. The number of methoxy groups -OCH3 is 4. The molecular weight excluding hydrogens is 871 g/mol. The summed E-state index contributed by atoms with van der Waals surface area (Å²) in [6, 6.07) is 32.6. The molecule has 0 saturated carbocycles. The quantitative estimate of drug-likeness (QED) is 0.0940. The van der Waals surface area contributed by atoms with E-state index in [9.17, 15) is 21.9 Å². The zero-order chi connectivity index (χ0) is 46.9. The first-order chi connectivity index (χ1) is 31.0. The molecule has 1 saturated heterocycles. The van der Waals surface area contributed by atoms with Crippen LogP contribution in [0.5, 0.6) is 23.0 Å². The van der Waals surface area contributed by atoms with Crippen LogP contribution in [0.1, 0.15) is 66.1 Å². The minimum atomic E-state index is -3.94. The van der Waals surface area contributed by atoms with Crippen molar-refractivity contribution < 1.29 is 40.9 Å². The fraction of sp³-hybridized carbons (Fsp3) is 0.362. The van der Waals surface area contributed by atoms with E-state index in [0.29, 0.717) is 17.2 Å². The summed E-state index contributed by atoms with van der Waals surface area (Å²) < 4.78 is 81.4. The topological polar surface area (TPSA) is 171 Å². The number of nitrogens with zero attached hydrogens (tertiary/aromatic N) is 7. The van der Waals surface area contributed by atoms with E-state index in [0.717, 1.165) is 52.5 Å². The fourth-order valence-corrected chi connectivity index (χ4v) is 10.1. The summed E-state index contributed by atoms with van der Waals surface area (Å²) in [7, 11) is 1.99. The lowest BCUT2D eigenvalue weighted by Crippen LogP contribution is -2.39. The Morgan fingerprint density at radius 2 is 0.831 bits per heavy atom. The second-order valence-corrected chi connectivity index (χ2v) is 19.5. The minimum absolute atomic E-state index is 0.0689. The molecule has 6 aromatic rings. The SMILES string of the molecule is COc1ccc(CN(Cc2ccc(OC)cc2)S(=O)(=O)c2cc(C(C)N3CCC3)n(C)n2)cc1.COc1ccc(CN(Cc2ccc(OC)cc2)S(=O)(=O)c2cc(C(C)O)n(C)n2)cc1. The van der Waals surface area contributed by atoms with E-state index >= 15 is 0 Å². The first-order valence-corrected chi connectivity index (χ1v) is 24.0. The number of ether oxygens (including phenoxy) is 4. The molecule has 2 unspecified atom stereocenters. The van der Waals surface area contributed by atoms with Crippen LogP contribution in [-0.4, -0.2) is 96.5 Å². The van der Waals surface area contributed by atoms with E-state index in [-0.39, 0.29) is 42.3 Å². The summed E-state index contributed by atoms with van der Waals surface area (Å²) in [6.45, 7) is 6.44. The lowest BCUT2D eigenvalue weighted by Gasteiger charge is -2.36. The molecule has 2 atom stereocenters. The van der Waals surface area contributed by atoms with Gasteiger partial charge in [0.05, 0.1) is 45.9 Å². The first kappa shape index (κ1) is 48.7. The lowest BCUT2D eigenvalue weighted by molar-refractivity contribution is 0.123. The Bertz CT molecular complexity index is 2590. The van der Waals surface area contributed by atoms with Crippen LogP contribution in [-0.2, 0) is 60.3 Å². The van der Waals surface area contributed by atoms with Crippen molar-refractivity contribution in [3.63, 3.8) is 0 Å². The average Bonchev–Trinajstić information content (AvgIpc) is 3.90. The van der Waals surface area contributed by atoms with Gasteiger partial charge in [0, 0.05) is 71.5 Å². The largest absolute Gasteiger partial charge is 0.497 e. The highest BCUT2D eigenvalue weighted by molar-refractivity contribution is 7.89. The molecule has 18 heteroatoms. The molecule has 2 aromatic heterocycles. The highest BCUT2D eigenvalue weighted by atomic mass is 32.2. The van der Waals surface area contributed by atoms with Gasteiger partial charge in [-0.3, -0.25) is 14.3 Å². The van der Waals surface area contributed by atoms with Gasteiger partial charge in [-0.15, -0.1) is 0 Å². The molecule has 0 spiro atoms. The van der Waals surface area contributed by atoms with Crippen molar-refractivity contribution in [2.45, 2.75) is 68.6 Å². The number of aliphatic hydroxyl groups is 1. The molecule has 348 valence electrons. The van der Waals surface area contributed by atoms with Crippen LogP contribution in [0, 0.1) is 0 Å². The maximum atomic E-state index is 13.8. The van der Waals surface area contributed by atoms with E-state index in [4.69, 9.17) is 18.9 Å². The van der Waals surface area contributed by atoms with E-state index in [1.807, 2.05) is 79.8 Å². The second-order valence-electron chi connectivity index (χ2n) is 15.7. The molecule has 0 bridgehead atoms. The van der Waals surface area contributed by atoms with Gasteiger partial charge in [0.2, 0.25) is 0 Å². The molecule has 65 heavy (non-hydrogen) atoms. The second kappa shape index (κ2) is 21.5. The number of hydrogen-bond acceptors (Lipinski definition) is 12. The van der Waals surface area contributed by atoms with Gasteiger partial charge in [-0.2, -0.15) is 18.8 Å². The Morgan fingerprint density at radius 3 is 1.08 bits per heavy atom.